The number of ketones is 1. The standard InChI is InChI=1S/C17H13N3O/c21-16(12-5-2-1-3-6-12)9-14-17-13(7-4-8-19-17)15-10-18-11-20(14)15/h1-8,10-11,14H,9H2/t14-/m0/s1. The van der Waals surface area contributed by atoms with Gasteiger partial charge in [0, 0.05) is 23.7 Å². The van der Waals surface area contributed by atoms with Crippen LogP contribution in [-0.2, 0) is 0 Å². The van der Waals surface area contributed by atoms with Gasteiger partial charge in [0.1, 0.15) is 0 Å². The number of benzene rings is 1. The zero-order valence-corrected chi connectivity index (χ0v) is 11.3. The number of Topliss-reactive ketones (excluding diaryl/α,β-unsaturated/α-hetero) is 1. The van der Waals surface area contributed by atoms with Gasteiger partial charge < -0.3 is 4.57 Å². The van der Waals surface area contributed by atoms with Crippen LogP contribution >= 0.6 is 0 Å². The average molecular weight is 275 g/mol. The molecular formula is C17H13N3O. The lowest BCUT2D eigenvalue weighted by Gasteiger charge is -2.12. The summed E-state index contributed by atoms with van der Waals surface area (Å²) in [7, 11) is 0. The van der Waals surface area contributed by atoms with Gasteiger partial charge in [-0.2, -0.15) is 0 Å². The number of nitrogens with zero attached hydrogens (tertiary/aromatic N) is 3. The van der Waals surface area contributed by atoms with E-state index in [2.05, 4.69) is 9.97 Å². The van der Waals surface area contributed by atoms with Crippen LogP contribution in [0.1, 0.15) is 28.5 Å². The molecular weight excluding hydrogens is 262 g/mol. The van der Waals surface area contributed by atoms with Crippen molar-refractivity contribution < 1.29 is 4.79 Å². The normalized spacial score (nSPS) is 15.5. The molecule has 4 rings (SSSR count). The zero-order valence-electron chi connectivity index (χ0n) is 11.3. The van der Waals surface area contributed by atoms with Crippen LogP contribution in [0, 0.1) is 0 Å². The second-order valence-electron chi connectivity index (χ2n) is 5.13. The molecule has 21 heavy (non-hydrogen) atoms. The van der Waals surface area contributed by atoms with Crippen molar-refractivity contribution in [2.45, 2.75) is 12.5 Å². The van der Waals surface area contributed by atoms with Crippen LogP contribution in [0.3, 0.4) is 0 Å². The van der Waals surface area contributed by atoms with Gasteiger partial charge in [-0.05, 0) is 12.1 Å². The summed E-state index contributed by atoms with van der Waals surface area (Å²) in [6.07, 6.45) is 5.78. The predicted octanol–water partition coefficient (Wildman–Crippen LogP) is 3.12. The molecule has 1 atom stereocenters. The van der Waals surface area contributed by atoms with E-state index in [4.69, 9.17) is 0 Å². The van der Waals surface area contributed by atoms with E-state index in [1.165, 1.54) is 0 Å². The molecule has 0 saturated heterocycles. The Morgan fingerprint density at radius 3 is 2.86 bits per heavy atom. The molecule has 1 aliphatic heterocycles. The summed E-state index contributed by atoms with van der Waals surface area (Å²) in [6.45, 7) is 0. The van der Waals surface area contributed by atoms with Crippen LogP contribution in [0.5, 0.6) is 0 Å². The van der Waals surface area contributed by atoms with Gasteiger partial charge in [-0.25, -0.2) is 4.98 Å². The number of carbonyl (C=O) groups is 1. The van der Waals surface area contributed by atoms with Crippen molar-refractivity contribution in [3.63, 3.8) is 0 Å². The third-order valence-corrected chi connectivity index (χ3v) is 3.91. The molecule has 3 aromatic rings. The van der Waals surface area contributed by atoms with Crippen LogP contribution in [-0.4, -0.2) is 20.3 Å². The average Bonchev–Trinajstić information content (AvgIpc) is 3.11. The SMILES string of the molecule is O=C(C[C@H]1c2ncccc2-c2cncn21)c1ccccc1. The number of hydrogen-bond acceptors (Lipinski definition) is 3. The van der Waals surface area contributed by atoms with E-state index in [0.717, 1.165) is 22.5 Å². The Hall–Kier alpha value is -2.75. The molecule has 0 spiro atoms. The van der Waals surface area contributed by atoms with Crippen molar-refractivity contribution in [3.8, 4) is 11.3 Å². The Bertz CT molecular complexity index is 808. The van der Waals surface area contributed by atoms with E-state index in [9.17, 15) is 4.79 Å². The molecule has 0 bridgehead atoms. The number of aromatic nitrogens is 3. The first-order valence-electron chi connectivity index (χ1n) is 6.90. The molecule has 0 radical (unpaired) electrons. The molecule has 4 nitrogen and oxygen atoms in total. The molecule has 0 N–H and O–H groups in total. The number of fused-ring (bicyclic) bond motifs is 3. The molecule has 3 heterocycles. The van der Waals surface area contributed by atoms with E-state index in [1.807, 2.05) is 53.2 Å². The molecule has 102 valence electrons. The summed E-state index contributed by atoms with van der Waals surface area (Å²) in [5, 5.41) is 0. The van der Waals surface area contributed by atoms with E-state index < -0.39 is 0 Å². The van der Waals surface area contributed by atoms with Crippen molar-refractivity contribution in [2.24, 2.45) is 0 Å². The molecule has 4 heteroatoms. The topological polar surface area (TPSA) is 47.8 Å². The van der Waals surface area contributed by atoms with Gasteiger partial charge in [-0.3, -0.25) is 9.78 Å². The molecule has 0 aliphatic carbocycles. The summed E-state index contributed by atoms with van der Waals surface area (Å²) in [6, 6.07) is 13.3. The number of imidazole rings is 1. The summed E-state index contributed by atoms with van der Waals surface area (Å²) in [4.78, 5) is 21.2. The van der Waals surface area contributed by atoms with Crippen LogP contribution in [0.2, 0.25) is 0 Å². The van der Waals surface area contributed by atoms with Crippen molar-refractivity contribution in [2.75, 3.05) is 0 Å². The lowest BCUT2D eigenvalue weighted by atomic mass is 10.0. The second kappa shape index (κ2) is 4.66. The summed E-state index contributed by atoms with van der Waals surface area (Å²) >= 11 is 0. The van der Waals surface area contributed by atoms with Crippen molar-refractivity contribution in [3.05, 3.63) is 72.4 Å². The number of carbonyl (C=O) groups excluding carboxylic acids is 1. The van der Waals surface area contributed by atoms with Gasteiger partial charge in [0.15, 0.2) is 5.78 Å². The Morgan fingerprint density at radius 1 is 1.14 bits per heavy atom. The van der Waals surface area contributed by atoms with Gasteiger partial charge >= 0.3 is 0 Å². The van der Waals surface area contributed by atoms with Gasteiger partial charge in [0.05, 0.1) is 30.0 Å². The highest BCUT2D eigenvalue weighted by Gasteiger charge is 2.31. The van der Waals surface area contributed by atoms with Gasteiger partial charge in [0.2, 0.25) is 0 Å². The maximum Gasteiger partial charge on any atom is 0.165 e. The third kappa shape index (κ3) is 1.88. The first kappa shape index (κ1) is 12.0. The van der Waals surface area contributed by atoms with Crippen LogP contribution in [0.15, 0.2) is 61.2 Å². The third-order valence-electron chi connectivity index (χ3n) is 3.91. The number of hydrogen-bond donors (Lipinski definition) is 0. The molecule has 2 aromatic heterocycles. The fraction of sp³-hybridized carbons (Fsp3) is 0.118. The van der Waals surface area contributed by atoms with Crippen LogP contribution < -0.4 is 0 Å². The fourth-order valence-electron chi connectivity index (χ4n) is 2.91. The highest BCUT2D eigenvalue weighted by molar-refractivity contribution is 5.96. The van der Waals surface area contributed by atoms with Crippen molar-refractivity contribution >= 4 is 5.78 Å². The molecule has 1 aliphatic rings. The highest BCUT2D eigenvalue weighted by Crippen LogP contribution is 2.39. The smallest absolute Gasteiger partial charge is 0.165 e. The monoisotopic (exact) mass is 275 g/mol. The zero-order chi connectivity index (χ0) is 14.2. The molecule has 0 unspecified atom stereocenters. The minimum Gasteiger partial charge on any atom is -0.321 e. The van der Waals surface area contributed by atoms with E-state index in [-0.39, 0.29) is 11.8 Å². The lowest BCUT2D eigenvalue weighted by molar-refractivity contribution is 0.0970. The first-order chi connectivity index (χ1) is 10.3. The van der Waals surface area contributed by atoms with Crippen molar-refractivity contribution in [1.82, 2.24) is 14.5 Å². The number of pyridine rings is 1. The Morgan fingerprint density at radius 2 is 2.00 bits per heavy atom. The largest absolute Gasteiger partial charge is 0.321 e. The van der Waals surface area contributed by atoms with Crippen LogP contribution in [0.4, 0.5) is 0 Å². The van der Waals surface area contributed by atoms with Gasteiger partial charge in [-0.15, -0.1) is 0 Å². The van der Waals surface area contributed by atoms with Crippen molar-refractivity contribution in [1.29, 1.82) is 0 Å². The number of rotatable bonds is 3. The van der Waals surface area contributed by atoms with Crippen LogP contribution in [0.25, 0.3) is 11.3 Å². The summed E-state index contributed by atoms with van der Waals surface area (Å²) < 4.78 is 2.04. The maximum absolute atomic E-state index is 12.5. The lowest BCUT2D eigenvalue weighted by Crippen LogP contribution is -2.12. The quantitative estimate of drug-likeness (QED) is 0.690. The fourth-order valence-corrected chi connectivity index (χ4v) is 2.91. The minimum atomic E-state index is -0.0635. The molecule has 1 aromatic carbocycles. The molecule has 0 saturated carbocycles. The van der Waals surface area contributed by atoms with E-state index >= 15 is 0 Å². The molecule has 0 fully saturated rings. The predicted molar refractivity (Wildman–Crippen MR) is 79.0 cm³/mol. The Balaban J connectivity index is 1.72. The Labute approximate surface area is 122 Å². The second-order valence-corrected chi connectivity index (χ2v) is 5.13. The maximum atomic E-state index is 12.5. The first-order valence-corrected chi connectivity index (χ1v) is 6.90. The van der Waals surface area contributed by atoms with E-state index in [1.54, 1.807) is 12.5 Å². The van der Waals surface area contributed by atoms with Gasteiger partial charge in [0.25, 0.3) is 0 Å². The van der Waals surface area contributed by atoms with E-state index in [0.29, 0.717) is 6.42 Å². The minimum absolute atomic E-state index is 0.0635. The Kier molecular flexibility index (Phi) is 2.67. The highest BCUT2D eigenvalue weighted by atomic mass is 16.1. The summed E-state index contributed by atoms with van der Waals surface area (Å²) in [5.74, 6) is 0.124. The molecule has 0 amide bonds. The summed E-state index contributed by atoms with van der Waals surface area (Å²) in [5.41, 5.74) is 3.80. The van der Waals surface area contributed by atoms with Gasteiger partial charge in [-0.1, -0.05) is 30.3 Å².